The standard InChI is InChI=1S/C25H27N3O4S/c1-25(2,3)19-11-9-17(10-12-19)15-20-23(31)28(24(32)33-20)14-13-26-21(29)16-27-22(30)18-7-5-4-6-8-18/h4-12,15H,13-14,16H2,1-3H3,(H,26,29)(H,27,30). The zero-order chi connectivity index (χ0) is 24.0. The van der Waals surface area contributed by atoms with Crippen LogP contribution in [0.1, 0.15) is 42.3 Å². The smallest absolute Gasteiger partial charge is 0.293 e. The molecule has 1 aliphatic rings. The van der Waals surface area contributed by atoms with E-state index in [4.69, 9.17) is 0 Å². The van der Waals surface area contributed by atoms with Gasteiger partial charge < -0.3 is 10.6 Å². The van der Waals surface area contributed by atoms with Crippen LogP contribution in [0.4, 0.5) is 4.79 Å². The number of amides is 4. The van der Waals surface area contributed by atoms with Gasteiger partial charge in [0.2, 0.25) is 5.91 Å². The summed E-state index contributed by atoms with van der Waals surface area (Å²) in [6, 6.07) is 16.5. The highest BCUT2D eigenvalue weighted by atomic mass is 32.2. The van der Waals surface area contributed by atoms with Crippen molar-refractivity contribution in [1.29, 1.82) is 0 Å². The maximum Gasteiger partial charge on any atom is 0.293 e. The van der Waals surface area contributed by atoms with E-state index in [1.807, 2.05) is 24.3 Å². The molecule has 7 nitrogen and oxygen atoms in total. The van der Waals surface area contributed by atoms with Gasteiger partial charge in [0.15, 0.2) is 0 Å². The molecule has 2 aromatic rings. The first-order valence-electron chi connectivity index (χ1n) is 10.6. The predicted octanol–water partition coefficient (Wildman–Crippen LogP) is 3.57. The van der Waals surface area contributed by atoms with E-state index in [0.717, 1.165) is 22.2 Å². The number of carbonyl (C=O) groups excluding carboxylic acids is 4. The molecule has 0 unspecified atom stereocenters. The van der Waals surface area contributed by atoms with E-state index in [1.54, 1.807) is 36.4 Å². The topological polar surface area (TPSA) is 95.6 Å². The Balaban J connectivity index is 1.48. The summed E-state index contributed by atoms with van der Waals surface area (Å²) < 4.78 is 0. The highest BCUT2D eigenvalue weighted by Crippen LogP contribution is 2.32. The molecule has 172 valence electrons. The van der Waals surface area contributed by atoms with Gasteiger partial charge in [0, 0.05) is 18.7 Å². The normalized spacial score (nSPS) is 15.1. The first-order valence-corrected chi connectivity index (χ1v) is 11.4. The molecular weight excluding hydrogens is 438 g/mol. The molecule has 0 aliphatic carbocycles. The van der Waals surface area contributed by atoms with E-state index >= 15 is 0 Å². The van der Waals surface area contributed by atoms with Crippen molar-refractivity contribution in [3.05, 3.63) is 76.2 Å². The molecule has 1 saturated heterocycles. The van der Waals surface area contributed by atoms with E-state index in [9.17, 15) is 19.2 Å². The van der Waals surface area contributed by atoms with Crippen molar-refractivity contribution < 1.29 is 19.2 Å². The van der Waals surface area contributed by atoms with Crippen LogP contribution in [0.15, 0.2) is 59.5 Å². The maximum atomic E-state index is 12.6. The van der Waals surface area contributed by atoms with Gasteiger partial charge in [-0.3, -0.25) is 24.1 Å². The SMILES string of the molecule is CC(C)(C)c1ccc(C=C2SC(=O)N(CCNC(=O)CNC(=O)c3ccccc3)C2=O)cc1. The number of benzene rings is 2. The van der Waals surface area contributed by atoms with Crippen molar-refractivity contribution >= 4 is 40.8 Å². The van der Waals surface area contributed by atoms with Crippen molar-refractivity contribution in [3.8, 4) is 0 Å². The molecule has 0 atom stereocenters. The van der Waals surface area contributed by atoms with E-state index in [2.05, 4.69) is 31.4 Å². The van der Waals surface area contributed by atoms with Crippen molar-refractivity contribution in [1.82, 2.24) is 15.5 Å². The fraction of sp³-hybridized carbons (Fsp3) is 0.280. The van der Waals surface area contributed by atoms with E-state index in [-0.39, 0.29) is 42.1 Å². The number of hydrogen-bond donors (Lipinski definition) is 2. The third kappa shape index (κ3) is 6.55. The molecule has 0 spiro atoms. The molecule has 0 bridgehead atoms. The number of rotatable bonds is 7. The van der Waals surface area contributed by atoms with Crippen molar-refractivity contribution in [2.45, 2.75) is 26.2 Å². The van der Waals surface area contributed by atoms with Gasteiger partial charge >= 0.3 is 0 Å². The molecule has 33 heavy (non-hydrogen) atoms. The molecule has 2 aromatic carbocycles. The van der Waals surface area contributed by atoms with E-state index < -0.39 is 5.91 Å². The Morgan fingerprint density at radius 2 is 1.64 bits per heavy atom. The molecule has 0 aromatic heterocycles. The summed E-state index contributed by atoms with van der Waals surface area (Å²) in [7, 11) is 0. The van der Waals surface area contributed by atoms with E-state index in [0.29, 0.717) is 10.5 Å². The van der Waals surface area contributed by atoms with Crippen LogP contribution >= 0.6 is 11.8 Å². The first-order chi connectivity index (χ1) is 15.6. The Morgan fingerprint density at radius 1 is 0.970 bits per heavy atom. The van der Waals surface area contributed by atoms with Crippen molar-refractivity contribution in [2.24, 2.45) is 0 Å². The maximum absolute atomic E-state index is 12.6. The monoisotopic (exact) mass is 465 g/mol. The average Bonchev–Trinajstić information content (AvgIpc) is 3.05. The summed E-state index contributed by atoms with van der Waals surface area (Å²) >= 11 is 0.886. The third-order valence-electron chi connectivity index (χ3n) is 5.05. The van der Waals surface area contributed by atoms with Crippen LogP contribution in [0.25, 0.3) is 6.08 Å². The molecule has 0 saturated carbocycles. The van der Waals surface area contributed by atoms with Crippen LogP contribution in [0.5, 0.6) is 0 Å². The second kappa shape index (κ2) is 10.5. The molecule has 0 radical (unpaired) electrons. The Hall–Kier alpha value is -3.39. The largest absolute Gasteiger partial charge is 0.353 e. The number of nitrogens with zero attached hydrogens (tertiary/aromatic N) is 1. The van der Waals surface area contributed by atoms with Gasteiger partial charge in [-0.1, -0.05) is 63.2 Å². The molecule has 2 N–H and O–H groups in total. The zero-order valence-corrected chi connectivity index (χ0v) is 19.7. The predicted molar refractivity (Wildman–Crippen MR) is 130 cm³/mol. The van der Waals surface area contributed by atoms with Gasteiger partial charge in [0.25, 0.3) is 17.1 Å². The number of imide groups is 1. The van der Waals surface area contributed by atoms with Gasteiger partial charge in [0.05, 0.1) is 11.4 Å². The summed E-state index contributed by atoms with van der Waals surface area (Å²) in [5.41, 5.74) is 2.52. The summed E-state index contributed by atoms with van der Waals surface area (Å²) in [5.74, 6) is -1.13. The van der Waals surface area contributed by atoms with Crippen LogP contribution in [0, 0.1) is 0 Å². The molecular formula is C25H27N3O4S. The number of nitrogens with one attached hydrogen (secondary N) is 2. The number of carbonyl (C=O) groups is 4. The van der Waals surface area contributed by atoms with Gasteiger partial charge in [-0.2, -0.15) is 0 Å². The first kappa shape index (κ1) is 24.3. The molecule has 1 aliphatic heterocycles. The molecule has 1 heterocycles. The molecule has 3 rings (SSSR count). The highest BCUT2D eigenvalue weighted by Gasteiger charge is 2.34. The summed E-state index contributed by atoms with van der Waals surface area (Å²) in [6.07, 6.45) is 1.70. The minimum atomic E-state index is -0.402. The number of hydrogen-bond acceptors (Lipinski definition) is 5. The van der Waals surface area contributed by atoms with Gasteiger partial charge in [-0.05, 0) is 46.5 Å². The molecule has 8 heteroatoms. The van der Waals surface area contributed by atoms with E-state index in [1.165, 1.54) is 5.56 Å². The quantitative estimate of drug-likeness (QED) is 0.610. The van der Waals surface area contributed by atoms with Crippen LogP contribution in [0.3, 0.4) is 0 Å². The molecule has 4 amide bonds. The van der Waals surface area contributed by atoms with Crippen molar-refractivity contribution in [2.75, 3.05) is 19.6 Å². The minimum absolute atomic E-state index is 0.0329. The highest BCUT2D eigenvalue weighted by molar-refractivity contribution is 8.18. The van der Waals surface area contributed by atoms with Crippen LogP contribution in [0.2, 0.25) is 0 Å². The zero-order valence-electron chi connectivity index (χ0n) is 18.9. The Kier molecular flexibility index (Phi) is 7.71. The van der Waals surface area contributed by atoms with Gasteiger partial charge in [0.1, 0.15) is 0 Å². The third-order valence-corrected chi connectivity index (χ3v) is 5.96. The van der Waals surface area contributed by atoms with Crippen LogP contribution < -0.4 is 10.6 Å². The lowest BCUT2D eigenvalue weighted by Crippen LogP contribution is -2.41. The lowest BCUT2D eigenvalue weighted by Gasteiger charge is -2.18. The Labute approximate surface area is 197 Å². The Morgan fingerprint density at radius 3 is 2.27 bits per heavy atom. The average molecular weight is 466 g/mol. The Bertz CT molecular complexity index is 1070. The summed E-state index contributed by atoms with van der Waals surface area (Å²) in [4.78, 5) is 50.3. The minimum Gasteiger partial charge on any atom is -0.353 e. The fourth-order valence-electron chi connectivity index (χ4n) is 3.15. The van der Waals surface area contributed by atoms with Gasteiger partial charge in [-0.15, -0.1) is 0 Å². The molecule has 1 fully saturated rings. The summed E-state index contributed by atoms with van der Waals surface area (Å²) in [5, 5.41) is 4.77. The summed E-state index contributed by atoms with van der Waals surface area (Å²) in [6.45, 7) is 6.35. The second-order valence-corrected chi connectivity index (χ2v) is 9.60. The van der Waals surface area contributed by atoms with Crippen molar-refractivity contribution in [3.63, 3.8) is 0 Å². The van der Waals surface area contributed by atoms with Crippen LogP contribution in [-0.2, 0) is 15.0 Å². The second-order valence-electron chi connectivity index (χ2n) is 8.60. The fourth-order valence-corrected chi connectivity index (χ4v) is 4.01. The van der Waals surface area contributed by atoms with Crippen LogP contribution in [-0.4, -0.2) is 47.5 Å². The van der Waals surface area contributed by atoms with Gasteiger partial charge in [-0.25, -0.2) is 0 Å². The lowest BCUT2D eigenvalue weighted by atomic mass is 9.87. The lowest BCUT2D eigenvalue weighted by molar-refractivity contribution is -0.124. The number of thioether (sulfide) groups is 1.